The molecule has 0 radical (unpaired) electrons. The Morgan fingerprint density at radius 2 is 2.11 bits per heavy atom. The Bertz CT molecular complexity index is 573. The lowest BCUT2D eigenvalue weighted by Crippen LogP contribution is -2.04. The van der Waals surface area contributed by atoms with Gasteiger partial charge < -0.3 is 15.2 Å². The fraction of sp³-hybridized carbons (Fsp3) is 0.214. The molecule has 2 rings (SSSR count). The molecule has 2 N–H and O–H groups in total. The number of thiophene rings is 1. The van der Waals surface area contributed by atoms with E-state index in [1.54, 1.807) is 13.2 Å². The van der Waals surface area contributed by atoms with Gasteiger partial charge in [-0.05, 0) is 19.1 Å². The summed E-state index contributed by atoms with van der Waals surface area (Å²) in [5.41, 5.74) is 7.17. The second-order valence-corrected chi connectivity index (χ2v) is 5.27. The van der Waals surface area contributed by atoms with Crippen molar-refractivity contribution in [1.29, 1.82) is 0 Å². The molecule has 5 heteroatoms. The maximum absolute atomic E-state index is 11.9. The predicted octanol–water partition coefficient (Wildman–Crippen LogP) is 3.00. The lowest BCUT2D eigenvalue weighted by atomic mass is 10.2. The molecule has 0 atom stereocenters. The van der Waals surface area contributed by atoms with Crippen molar-refractivity contribution in [2.24, 2.45) is 0 Å². The zero-order chi connectivity index (χ0) is 13.8. The summed E-state index contributed by atoms with van der Waals surface area (Å²) in [5, 5.41) is 0. The Kier molecular flexibility index (Phi) is 4.06. The molecule has 0 aliphatic rings. The van der Waals surface area contributed by atoms with Crippen molar-refractivity contribution < 1.29 is 14.3 Å². The van der Waals surface area contributed by atoms with Crippen LogP contribution in [0.25, 0.3) is 0 Å². The van der Waals surface area contributed by atoms with Gasteiger partial charge in [0.15, 0.2) is 0 Å². The molecule has 19 heavy (non-hydrogen) atoms. The average Bonchev–Trinajstić information content (AvgIpc) is 2.76. The van der Waals surface area contributed by atoms with Gasteiger partial charge in [0.2, 0.25) is 0 Å². The van der Waals surface area contributed by atoms with Crippen molar-refractivity contribution in [1.82, 2.24) is 0 Å². The van der Waals surface area contributed by atoms with Crippen molar-refractivity contribution >= 4 is 23.0 Å². The minimum absolute atomic E-state index is 0.180. The van der Waals surface area contributed by atoms with Gasteiger partial charge in [-0.3, -0.25) is 0 Å². The SMILES string of the molecule is COc1ccccc1COC(=O)c1cc(N)c(C)s1. The van der Waals surface area contributed by atoms with Crippen LogP contribution >= 0.6 is 11.3 Å². The summed E-state index contributed by atoms with van der Waals surface area (Å²) in [7, 11) is 1.59. The zero-order valence-electron chi connectivity index (χ0n) is 10.8. The van der Waals surface area contributed by atoms with E-state index in [9.17, 15) is 4.79 Å². The first-order valence-electron chi connectivity index (χ1n) is 5.76. The summed E-state index contributed by atoms with van der Waals surface area (Å²) in [6.45, 7) is 2.05. The van der Waals surface area contributed by atoms with Gasteiger partial charge in [0.05, 0.1) is 7.11 Å². The van der Waals surface area contributed by atoms with Crippen molar-refractivity contribution in [2.45, 2.75) is 13.5 Å². The van der Waals surface area contributed by atoms with Gasteiger partial charge in [0.1, 0.15) is 17.2 Å². The van der Waals surface area contributed by atoms with Crippen molar-refractivity contribution in [2.75, 3.05) is 12.8 Å². The number of hydrogen-bond donors (Lipinski definition) is 1. The number of methoxy groups -OCH3 is 1. The highest BCUT2D eigenvalue weighted by Gasteiger charge is 2.13. The van der Waals surface area contributed by atoms with Crippen molar-refractivity contribution in [3.8, 4) is 5.75 Å². The normalized spacial score (nSPS) is 10.2. The number of aryl methyl sites for hydroxylation is 1. The number of rotatable bonds is 4. The monoisotopic (exact) mass is 277 g/mol. The van der Waals surface area contributed by atoms with Crippen LogP contribution in [-0.4, -0.2) is 13.1 Å². The van der Waals surface area contributed by atoms with Crippen LogP contribution in [0, 0.1) is 6.92 Å². The van der Waals surface area contributed by atoms with E-state index in [4.69, 9.17) is 15.2 Å². The highest BCUT2D eigenvalue weighted by molar-refractivity contribution is 7.14. The molecular weight excluding hydrogens is 262 g/mol. The Labute approximate surface area is 115 Å². The van der Waals surface area contributed by atoms with E-state index >= 15 is 0 Å². The highest BCUT2D eigenvalue weighted by atomic mass is 32.1. The number of hydrogen-bond acceptors (Lipinski definition) is 5. The third kappa shape index (κ3) is 3.06. The number of carbonyl (C=O) groups is 1. The first-order valence-corrected chi connectivity index (χ1v) is 6.58. The lowest BCUT2D eigenvalue weighted by molar-refractivity contribution is 0.0476. The summed E-state index contributed by atoms with van der Waals surface area (Å²) in [4.78, 5) is 13.3. The van der Waals surface area contributed by atoms with Crippen LogP contribution in [0.1, 0.15) is 20.1 Å². The maximum atomic E-state index is 11.9. The third-order valence-electron chi connectivity index (χ3n) is 2.71. The highest BCUT2D eigenvalue weighted by Crippen LogP contribution is 2.25. The van der Waals surface area contributed by atoms with Crippen LogP contribution in [0.5, 0.6) is 5.75 Å². The number of nitrogen functional groups attached to an aromatic ring is 1. The van der Waals surface area contributed by atoms with E-state index in [-0.39, 0.29) is 12.6 Å². The predicted molar refractivity (Wildman–Crippen MR) is 75.6 cm³/mol. The number of esters is 1. The molecule has 0 saturated heterocycles. The van der Waals surface area contributed by atoms with Gasteiger partial charge in [-0.2, -0.15) is 0 Å². The second kappa shape index (κ2) is 5.75. The molecule has 2 aromatic rings. The quantitative estimate of drug-likeness (QED) is 0.873. The fourth-order valence-corrected chi connectivity index (χ4v) is 2.47. The van der Waals surface area contributed by atoms with Crippen LogP contribution < -0.4 is 10.5 Å². The molecule has 0 unspecified atom stereocenters. The molecular formula is C14H15NO3S. The molecule has 4 nitrogen and oxygen atoms in total. The van der Waals surface area contributed by atoms with Gasteiger partial charge in [-0.1, -0.05) is 18.2 Å². The summed E-state index contributed by atoms with van der Waals surface area (Å²) in [5.74, 6) is 0.341. The molecule has 1 aromatic heterocycles. The van der Waals surface area contributed by atoms with Gasteiger partial charge in [0.25, 0.3) is 0 Å². The average molecular weight is 277 g/mol. The minimum atomic E-state index is -0.365. The molecule has 0 spiro atoms. The summed E-state index contributed by atoms with van der Waals surface area (Å²) in [6, 6.07) is 9.08. The Balaban J connectivity index is 2.04. The van der Waals surface area contributed by atoms with Crippen LogP contribution in [0.2, 0.25) is 0 Å². The molecule has 0 saturated carbocycles. The molecule has 0 fully saturated rings. The van der Waals surface area contributed by atoms with E-state index in [2.05, 4.69) is 0 Å². The molecule has 100 valence electrons. The van der Waals surface area contributed by atoms with Crippen LogP contribution in [-0.2, 0) is 11.3 Å². The van der Waals surface area contributed by atoms with Gasteiger partial charge >= 0.3 is 5.97 Å². The number of ether oxygens (including phenoxy) is 2. The lowest BCUT2D eigenvalue weighted by Gasteiger charge is -2.08. The van der Waals surface area contributed by atoms with Crippen molar-refractivity contribution in [3.63, 3.8) is 0 Å². The molecule has 1 heterocycles. The number of carbonyl (C=O) groups excluding carboxylic acids is 1. The van der Waals surface area contributed by atoms with Gasteiger partial charge in [-0.15, -0.1) is 11.3 Å². The smallest absolute Gasteiger partial charge is 0.348 e. The Morgan fingerprint density at radius 3 is 2.74 bits per heavy atom. The number of anilines is 1. The molecule has 0 aliphatic carbocycles. The number of benzene rings is 1. The topological polar surface area (TPSA) is 61.5 Å². The fourth-order valence-electron chi connectivity index (χ4n) is 1.63. The standard InChI is InChI=1S/C14H15NO3S/c1-9-11(15)7-13(19-9)14(16)18-8-10-5-3-4-6-12(10)17-2/h3-7H,8,15H2,1-2H3. The third-order valence-corrected chi connectivity index (χ3v) is 3.75. The summed E-state index contributed by atoms with van der Waals surface area (Å²) < 4.78 is 10.5. The Hall–Kier alpha value is -2.01. The summed E-state index contributed by atoms with van der Waals surface area (Å²) >= 11 is 1.34. The van der Waals surface area contributed by atoms with E-state index in [1.165, 1.54) is 11.3 Å². The van der Waals surface area contributed by atoms with Gasteiger partial charge in [-0.25, -0.2) is 4.79 Å². The van der Waals surface area contributed by atoms with Crippen molar-refractivity contribution in [3.05, 3.63) is 45.6 Å². The molecule has 0 bridgehead atoms. The van der Waals surface area contributed by atoms with Gasteiger partial charge in [0, 0.05) is 16.1 Å². The molecule has 0 aliphatic heterocycles. The maximum Gasteiger partial charge on any atom is 0.348 e. The van der Waals surface area contributed by atoms with E-state index in [1.807, 2.05) is 31.2 Å². The van der Waals surface area contributed by atoms with Crippen LogP contribution in [0.4, 0.5) is 5.69 Å². The second-order valence-electron chi connectivity index (χ2n) is 4.01. The van der Waals surface area contributed by atoms with Crippen LogP contribution in [0.15, 0.2) is 30.3 Å². The Morgan fingerprint density at radius 1 is 1.37 bits per heavy atom. The zero-order valence-corrected chi connectivity index (χ0v) is 11.6. The van der Waals surface area contributed by atoms with E-state index < -0.39 is 0 Å². The van der Waals surface area contributed by atoms with Crippen LogP contribution in [0.3, 0.4) is 0 Å². The largest absolute Gasteiger partial charge is 0.496 e. The number of para-hydroxylation sites is 1. The molecule has 0 amide bonds. The number of nitrogens with two attached hydrogens (primary N) is 1. The minimum Gasteiger partial charge on any atom is -0.496 e. The van der Waals surface area contributed by atoms with E-state index in [0.717, 1.165) is 10.4 Å². The first-order chi connectivity index (χ1) is 9.11. The first kappa shape index (κ1) is 13.4. The molecule has 1 aromatic carbocycles. The van der Waals surface area contributed by atoms with E-state index in [0.29, 0.717) is 16.3 Å². The summed E-state index contributed by atoms with van der Waals surface area (Å²) in [6.07, 6.45) is 0.